The highest BCUT2D eigenvalue weighted by atomic mass is 16.5. The number of carbonyl (C=O) groups excluding carboxylic acids is 1. The predicted octanol–water partition coefficient (Wildman–Crippen LogP) is 2.85. The number of hydrogen-bond acceptors (Lipinski definition) is 3. The van der Waals surface area contributed by atoms with Gasteiger partial charge in [0.15, 0.2) is 0 Å². The molecular weight excluding hydrogens is 278 g/mol. The third-order valence-corrected chi connectivity index (χ3v) is 3.47. The average molecular weight is 299 g/mol. The van der Waals surface area contributed by atoms with Gasteiger partial charge in [-0.2, -0.15) is 0 Å². The second kappa shape index (κ2) is 6.62. The lowest BCUT2D eigenvalue weighted by Crippen LogP contribution is -2.23. The van der Waals surface area contributed by atoms with Crippen molar-refractivity contribution in [3.8, 4) is 5.75 Å². The summed E-state index contributed by atoms with van der Waals surface area (Å²) in [6.45, 7) is 3.90. The van der Waals surface area contributed by atoms with Crippen LogP contribution in [0.15, 0.2) is 48.5 Å². The first kappa shape index (κ1) is 16.0. The van der Waals surface area contributed by atoms with Crippen molar-refractivity contribution < 1.29 is 14.6 Å². The highest BCUT2D eigenvalue weighted by molar-refractivity contribution is 5.96. The van der Waals surface area contributed by atoms with E-state index in [1.165, 1.54) is 0 Å². The fourth-order valence-corrected chi connectivity index (χ4v) is 2.14. The molecule has 0 unspecified atom stereocenters. The maximum atomic E-state index is 12.2. The summed E-state index contributed by atoms with van der Waals surface area (Å²) in [6, 6.07) is 14.6. The zero-order chi connectivity index (χ0) is 16.2. The third kappa shape index (κ3) is 3.86. The highest BCUT2D eigenvalue weighted by Gasteiger charge is 2.15. The minimum atomic E-state index is -0.862. The van der Waals surface area contributed by atoms with Crippen LogP contribution in [0, 0.1) is 0 Å². The van der Waals surface area contributed by atoms with Crippen molar-refractivity contribution in [2.45, 2.75) is 26.0 Å². The standard InChI is InChI=1S/C18H21NO3/c1-18(2,21)14-10-8-13(9-11-14)12-19-17(20)15-6-4-5-7-16(15)22-3/h4-11,21H,12H2,1-3H3,(H,19,20). The second-order valence-electron chi connectivity index (χ2n) is 5.64. The summed E-state index contributed by atoms with van der Waals surface area (Å²) < 4.78 is 5.18. The van der Waals surface area contributed by atoms with Gasteiger partial charge in [-0.25, -0.2) is 0 Å². The van der Waals surface area contributed by atoms with Gasteiger partial charge in [0.05, 0.1) is 18.3 Å². The van der Waals surface area contributed by atoms with Crippen molar-refractivity contribution >= 4 is 5.91 Å². The van der Waals surface area contributed by atoms with Gasteiger partial charge in [-0.3, -0.25) is 4.79 Å². The lowest BCUT2D eigenvalue weighted by atomic mass is 9.97. The summed E-state index contributed by atoms with van der Waals surface area (Å²) >= 11 is 0. The van der Waals surface area contributed by atoms with E-state index in [-0.39, 0.29) is 5.91 Å². The number of aliphatic hydroxyl groups is 1. The normalized spacial score (nSPS) is 11.1. The number of ether oxygens (including phenoxy) is 1. The average Bonchev–Trinajstić information content (AvgIpc) is 2.52. The van der Waals surface area contributed by atoms with Crippen molar-refractivity contribution in [2.75, 3.05) is 7.11 Å². The Kier molecular flexibility index (Phi) is 4.83. The van der Waals surface area contributed by atoms with Gasteiger partial charge < -0.3 is 15.2 Å². The summed E-state index contributed by atoms with van der Waals surface area (Å²) in [5, 5.41) is 12.8. The van der Waals surface area contributed by atoms with Gasteiger partial charge in [-0.15, -0.1) is 0 Å². The van der Waals surface area contributed by atoms with Crippen molar-refractivity contribution in [1.29, 1.82) is 0 Å². The summed E-state index contributed by atoms with van der Waals surface area (Å²) in [7, 11) is 1.54. The number of nitrogens with one attached hydrogen (secondary N) is 1. The molecule has 0 saturated heterocycles. The van der Waals surface area contributed by atoms with Crippen LogP contribution in [-0.2, 0) is 12.1 Å². The smallest absolute Gasteiger partial charge is 0.255 e. The third-order valence-electron chi connectivity index (χ3n) is 3.47. The van der Waals surface area contributed by atoms with Gasteiger partial charge in [-0.1, -0.05) is 36.4 Å². The zero-order valence-electron chi connectivity index (χ0n) is 13.1. The molecule has 0 aliphatic heterocycles. The quantitative estimate of drug-likeness (QED) is 0.892. The van der Waals surface area contributed by atoms with E-state index in [2.05, 4.69) is 5.32 Å². The molecule has 0 aliphatic carbocycles. The minimum Gasteiger partial charge on any atom is -0.496 e. The van der Waals surface area contributed by atoms with Crippen LogP contribution in [0.1, 0.15) is 35.3 Å². The van der Waals surface area contributed by atoms with Crippen molar-refractivity contribution in [3.05, 3.63) is 65.2 Å². The van der Waals surface area contributed by atoms with E-state index in [9.17, 15) is 9.90 Å². The number of para-hydroxylation sites is 1. The monoisotopic (exact) mass is 299 g/mol. The number of benzene rings is 2. The number of methoxy groups -OCH3 is 1. The minimum absolute atomic E-state index is 0.177. The molecule has 0 aliphatic rings. The van der Waals surface area contributed by atoms with E-state index in [1.54, 1.807) is 39.2 Å². The Morgan fingerprint density at radius 3 is 2.36 bits per heavy atom. The van der Waals surface area contributed by atoms with E-state index >= 15 is 0 Å². The van der Waals surface area contributed by atoms with E-state index in [1.807, 2.05) is 30.3 Å². The van der Waals surface area contributed by atoms with Gasteiger partial charge in [0, 0.05) is 6.54 Å². The molecule has 2 aromatic carbocycles. The Morgan fingerprint density at radius 2 is 1.77 bits per heavy atom. The molecule has 2 aromatic rings. The lowest BCUT2D eigenvalue weighted by Gasteiger charge is -2.18. The van der Waals surface area contributed by atoms with Crippen LogP contribution in [0.2, 0.25) is 0 Å². The Morgan fingerprint density at radius 1 is 1.14 bits per heavy atom. The van der Waals surface area contributed by atoms with E-state index < -0.39 is 5.60 Å². The molecule has 116 valence electrons. The molecule has 0 spiro atoms. The van der Waals surface area contributed by atoms with Crippen molar-refractivity contribution in [2.24, 2.45) is 0 Å². The van der Waals surface area contributed by atoms with E-state index in [0.717, 1.165) is 11.1 Å². The molecule has 2 rings (SSSR count). The van der Waals surface area contributed by atoms with Crippen molar-refractivity contribution in [3.63, 3.8) is 0 Å². The number of carbonyl (C=O) groups is 1. The summed E-state index contributed by atoms with van der Waals surface area (Å²) in [4.78, 5) is 12.2. The molecular formula is C18H21NO3. The summed E-state index contributed by atoms with van der Waals surface area (Å²) in [5.41, 5.74) is 1.46. The first-order valence-electron chi connectivity index (χ1n) is 7.15. The Labute approximate surface area is 130 Å². The topological polar surface area (TPSA) is 58.6 Å². The summed E-state index contributed by atoms with van der Waals surface area (Å²) in [5.74, 6) is 0.376. The van der Waals surface area contributed by atoms with Crippen LogP contribution in [0.5, 0.6) is 5.75 Å². The molecule has 4 nitrogen and oxygen atoms in total. The molecule has 2 N–H and O–H groups in total. The first-order chi connectivity index (χ1) is 10.4. The SMILES string of the molecule is COc1ccccc1C(=O)NCc1ccc(C(C)(C)O)cc1. The van der Waals surface area contributed by atoms with Gasteiger partial charge in [-0.05, 0) is 37.1 Å². The molecule has 0 aromatic heterocycles. The Bertz CT molecular complexity index is 642. The van der Waals surface area contributed by atoms with E-state index in [0.29, 0.717) is 17.9 Å². The Balaban J connectivity index is 2.02. The second-order valence-corrected chi connectivity index (χ2v) is 5.64. The van der Waals surface area contributed by atoms with Gasteiger partial charge >= 0.3 is 0 Å². The van der Waals surface area contributed by atoms with E-state index in [4.69, 9.17) is 4.74 Å². The summed E-state index contributed by atoms with van der Waals surface area (Å²) in [6.07, 6.45) is 0. The molecule has 1 amide bonds. The molecule has 0 fully saturated rings. The van der Waals surface area contributed by atoms with Crippen LogP contribution >= 0.6 is 0 Å². The Hall–Kier alpha value is -2.33. The maximum absolute atomic E-state index is 12.2. The number of rotatable bonds is 5. The molecule has 0 radical (unpaired) electrons. The molecule has 4 heteroatoms. The van der Waals surface area contributed by atoms with Crippen molar-refractivity contribution in [1.82, 2.24) is 5.32 Å². The maximum Gasteiger partial charge on any atom is 0.255 e. The van der Waals surface area contributed by atoms with Gasteiger partial charge in [0.25, 0.3) is 5.91 Å². The van der Waals surface area contributed by atoms with Crippen LogP contribution in [0.3, 0.4) is 0 Å². The van der Waals surface area contributed by atoms with Crippen LogP contribution in [-0.4, -0.2) is 18.1 Å². The van der Waals surface area contributed by atoms with Gasteiger partial charge in [0.2, 0.25) is 0 Å². The first-order valence-corrected chi connectivity index (χ1v) is 7.15. The molecule has 0 heterocycles. The highest BCUT2D eigenvalue weighted by Crippen LogP contribution is 2.20. The van der Waals surface area contributed by atoms with Crippen LogP contribution in [0.4, 0.5) is 0 Å². The van der Waals surface area contributed by atoms with Gasteiger partial charge in [0.1, 0.15) is 5.75 Å². The largest absolute Gasteiger partial charge is 0.496 e. The fraction of sp³-hybridized carbons (Fsp3) is 0.278. The van der Waals surface area contributed by atoms with Crippen LogP contribution in [0.25, 0.3) is 0 Å². The molecule has 0 bridgehead atoms. The number of hydrogen-bond donors (Lipinski definition) is 2. The predicted molar refractivity (Wildman–Crippen MR) is 85.9 cm³/mol. The number of amides is 1. The zero-order valence-corrected chi connectivity index (χ0v) is 13.1. The molecule has 0 atom stereocenters. The van der Waals surface area contributed by atoms with Crippen LogP contribution < -0.4 is 10.1 Å². The molecule has 22 heavy (non-hydrogen) atoms. The lowest BCUT2D eigenvalue weighted by molar-refractivity contribution is 0.0785. The molecule has 0 saturated carbocycles. The fourth-order valence-electron chi connectivity index (χ4n) is 2.14.